The van der Waals surface area contributed by atoms with Gasteiger partial charge in [-0.05, 0) is 39.8 Å². The third-order valence-corrected chi connectivity index (χ3v) is 3.81. The Morgan fingerprint density at radius 3 is 2.70 bits per heavy atom. The molecule has 1 saturated heterocycles. The molecule has 2 heterocycles. The van der Waals surface area contributed by atoms with Gasteiger partial charge in [0, 0.05) is 25.7 Å². The van der Waals surface area contributed by atoms with Crippen LogP contribution in [0.2, 0.25) is 0 Å². The average molecular weight is 317 g/mol. The molecule has 6 nitrogen and oxygen atoms in total. The maximum absolute atomic E-state index is 12.2. The molecule has 1 amide bonds. The second-order valence-electron chi connectivity index (χ2n) is 6.93. The van der Waals surface area contributed by atoms with Crippen LogP contribution < -0.4 is 4.90 Å². The number of hydrogen-bond acceptors (Lipinski definition) is 5. The number of nitrogens with zero attached hydrogens (tertiary/aromatic N) is 3. The smallest absolute Gasteiger partial charge is 0.410 e. The zero-order chi connectivity index (χ0) is 16.6. The summed E-state index contributed by atoms with van der Waals surface area (Å²) in [6.07, 6.45) is -0.262. The van der Waals surface area contributed by atoms with E-state index in [4.69, 9.17) is 9.15 Å². The fourth-order valence-electron chi connectivity index (χ4n) is 2.72. The van der Waals surface area contributed by atoms with Crippen LogP contribution in [0.25, 0.3) is 11.1 Å². The van der Waals surface area contributed by atoms with Crippen LogP contribution >= 0.6 is 0 Å². The molecule has 0 aliphatic carbocycles. The molecule has 1 aliphatic heterocycles. The highest BCUT2D eigenvalue weighted by Gasteiger charge is 2.31. The molecule has 1 atom stereocenters. The van der Waals surface area contributed by atoms with E-state index < -0.39 is 5.60 Å². The molecular formula is C17H23N3O3. The molecule has 1 aromatic heterocycles. The van der Waals surface area contributed by atoms with Crippen molar-refractivity contribution in [1.82, 2.24) is 9.88 Å². The number of piperazine rings is 1. The van der Waals surface area contributed by atoms with Gasteiger partial charge in [0.2, 0.25) is 0 Å². The van der Waals surface area contributed by atoms with Gasteiger partial charge < -0.3 is 19.0 Å². The number of benzene rings is 1. The predicted molar refractivity (Wildman–Crippen MR) is 88.6 cm³/mol. The number of anilines is 1. The zero-order valence-electron chi connectivity index (χ0n) is 14.1. The first-order valence-electron chi connectivity index (χ1n) is 7.93. The fraction of sp³-hybridized carbons (Fsp3) is 0.529. The van der Waals surface area contributed by atoms with E-state index in [0.717, 1.165) is 11.1 Å². The maximum Gasteiger partial charge on any atom is 0.410 e. The number of rotatable bonds is 1. The molecule has 0 spiro atoms. The lowest BCUT2D eigenvalue weighted by Crippen LogP contribution is -2.54. The molecule has 0 N–H and O–H groups in total. The standard InChI is InChI=1S/C17H23N3O3/c1-12-11-19(16(21)23-17(2,3)4)9-10-20(12)15-18-13-7-5-6-8-14(13)22-15/h5-8,12H,9-11H2,1-4H3/t12-/m0/s1. The Balaban J connectivity index is 1.70. The molecule has 0 bridgehead atoms. The van der Waals surface area contributed by atoms with Gasteiger partial charge in [0.05, 0.1) is 0 Å². The van der Waals surface area contributed by atoms with Crippen molar-refractivity contribution in [2.24, 2.45) is 0 Å². The Bertz CT molecular complexity index is 671. The van der Waals surface area contributed by atoms with E-state index in [1.165, 1.54) is 0 Å². The van der Waals surface area contributed by atoms with Gasteiger partial charge in [-0.15, -0.1) is 0 Å². The third kappa shape index (κ3) is 3.41. The predicted octanol–water partition coefficient (Wildman–Crippen LogP) is 3.27. The molecule has 0 radical (unpaired) electrons. The summed E-state index contributed by atoms with van der Waals surface area (Å²) < 4.78 is 11.3. The number of carbonyl (C=O) groups is 1. The average Bonchev–Trinajstić information content (AvgIpc) is 2.88. The fourth-order valence-corrected chi connectivity index (χ4v) is 2.72. The lowest BCUT2D eigenvalue weighted by molar-refractivity contribution is 0.0216. The Kier molecular flexibility index (Phi) is 3.92. The van der Waals surface area contributed by atoms with Crippen molar-refractivity contribution in [3.8, 4) is 0 Å². The largest absolute Gasteiger partial charge is 0.444 e. The summed E-state index contributed by atoms with van der Waals surface area (Å²) in [5.74, 6) is 0. The van der Waals surface area contributed by atoms with Gasteiger partial charge in [-0.2, -0.15) is 4.98 Å². The lowest BCUT2D eigenvalue weighted by atomic mass is 10.2. The van der Waals surface area contributed by atoms with E-state index in [1.54, 1.807) is 4.90 Å². The molecule has 2 aromatic rings. The summed E-state index contributed by atoms with van der Waals surface area (Å²) in [6.45, 7) is 9.55. The van der Waals surface area contributed by atoms with Crippen LogP contribution in [0, 0.1) is 0 Å². The number of fused-ring (bicyclic) bond motifs is 1. The molecule has 124 valence electrons. The first-order valence-corrected chi connectivity index (χ1v) is 7.93. The number of para-hydroxylation sites is 2. The molecule has 0 unspecified atom stereocenters. The molecule has 23 heavy (non-hydrogen) atoms. The summed E-state index contributed by atoms with van der Waals surface area (Å²) in [6, 6.07) is 8.45. The van der Waals surface area contributed by atoms with E-state index in [9.17, 15) is 4.79 Å². The van der Waals surface area contributed by atoms with Crippen LogP contribution in [0.15, 0.2) is 28.7 Å². The van der Waals surface area contributed by atoms with Crippen molar-refractivity contribution < 1.29 is 13.9 Å². The summed E-state index contributed by atoms with van der Waals surface area (Å²) >= 11 is 0. The molecule has 1 fully saturated rings. The van der Waals surface area contributed by atoms with E-state index in [2.05, 4.69) is 16.8 Å². The van der Waals surface area contributed by atoms with Gasteiger partial charge in [0.15, 0.2) is 5.58 Å². The highest BCUT2D eigenvalue weighted by Crippen LogP contribution is 2.25. The molecule has 0 saturated carbocycles. The van der Waals surface area contributed by atoms with Crippen molar-refractivity contribution in [3.63, 3.8) is 0 Å². The van der Waals surface area contributed by atoms with Gasteiger partial charge in [0.1, 0.15) is 11.1 Å². The van der Waals surface area contributed by atoms with Crippen molar-refractivity contribution in [3.05, 3.63) is 24.3 Å². The number of amides is 1. The summed E-state index contributed by atoms with van der Waals surface area (Å²) in [5.41, 5.74) is 1.16. The molecule has 3 rings (SSSR count). The number of oxazole rings is 1. The highest BCUT2D eigenvalue weighted by atomic mass is 16.6. The minimum atomic E-state index is -0.474. The first-order chi connectivity index (χ1) is 10.8. The minimum absolute atomic E-state index is 0.115. The van der Waals surface area contributed by atoms with Gasteiger partial charge in [-0.1, -0.05) is 12.1 Å². The zero-order valence-corrected chi connectivity index (χ0v) is 14.1. The Morgan fingerprint density at radius 1 is 1.30 bits per heavy atom. The molecular weight excluding hydrogens is 294 g/mol. The maximum atomic E-state index is 12.2. The first kappa shape index (κ1) is 15.6. The second kappa shape index (κ2) is 5.76. The van der Waals surface area contributed by atoms with Crippen molar-refractivity contribution in [1.29, 1.82) is 0 Å². The van der Waals surface area contributed by atoms with Crippen LogP contribution in [-0.4, -0.2) is 47.3 Å². The third-order valence-electron chi connectivity index (χ3n) is 3.81. The van der Waals surface area contributed by atoms with Crippen LogP contribution in [0.4, 0.5) is 10.8 Å². The van der Waals surface area contributed by atoms with Crippen LogP contribution in [0.3, 0.4) is 0 Å². The van der Waals surface area contributed by atoms with Crippen LogP contribution in [-0.2, 0) is 4.74 Å². The number of carbonyl (C=O) groups excluding carboxylic acids is 1. The highest BCUT2D eigenvalue weighted by molar-refractivity contribution is 5.74. The SMILES string of the molecule is C[C@H]1CN(C(=O)OC(C)(C)C)CCN1c1nc2ccccc2o1. The van der Waals surface area contributed by atoms with Gasteiger partial charge in [-0.25, -0.2) is 4.79 Å². The molecule has 6 heteroatoms. The summed E-state index contributed by atoms with van der Waals surface area (Å²) in [4.78, 5) is 20.6. The Labute approximate surface area is 136 Å². The summed E-state index contributed by atoms with van der Waals surface area (Å²) in [5, 5.41) is 0. The van der Waals surface area contributed by atoms with Gasteiger partial charge >= 0.3 is 6.09 Å². The quantitative estimate of drug-likeness (QED) is 0.808. The number of hydrogen-bond donors (Lipinski definition) is 0. The van der Waals surface area contributed by atoms with E-state index >= 15 is 0 Å². The van der Waals surface area contributed by atoms with E-state index in [-0.39, 0.29) is 12.1 Å². The summed E-state index contributed by atoms with van der Waals surface area (Å²) in [7, 11) is 0. The Morgan fingerprint density at radius 2 is 2.04 bits per heavy atom. The lowest BCUT2D eigenvalue weighted by Gasteiger charge is -2.39. The van der Waals surface area contributed by atoms with Crippen LogP contribution in [0.1, 0.15) is 27.7 Å². The minimum Gasteiger partial charge on any atom is -0.444 e. The number of ether oxygens (including phenoxy) is 1. The van der Waals surface area contributed by atoms with E-state index in [0.29, 0.717) is 25.6 Å². The van der Waals surface area contributed by atoms with E-state index in [1.807, 2.05) is 45.0 Å². The topological polar surface area (TPSA) is 58.8 Å². The van der Waals surface area contributed by atoms with Crippen LogP contribution in [0.5, 0.6) is 0 Å². The normalized spacial score (nSPS) is 19.2. The van der Waals surface area contributed by atoms with Crippen molar-refractivity contribution in [2.45, 2.75) is 39.3 Å². The second-order valence-corrected chi connectivity index (χ2v) is 6.93. The van der Waals surface area contributed by atoms with Crippen molar-refractivity contribution in [2.75, 3.05) is 24.5 Å². The number of aromatic nitrogens is 1. The van der Waals surface area contributed by atoms with Gasteiger partial charge in [-0.3, -0.25) is 0 Å². The Hall–Kier alpha value is -2.24. The molecule has 1 aromatic carbocycles. The monoisotopic (exact) mass is 317 g/mol. The van der Waals surface area contributed by atoms with Gasteiger partial charge in [0.25, 0.3) is 6.01 Å². The van der Waals surface area contributed by atoms with Crippen molar-refractivity contribution >= 4 is 23.2 Å². The molecule has 1 aliphatic rings.